The Hall–Kier alpha value is -3.26. The van der Waals surface area contributed by atoms with E-state index in [0.717, 1.165) is 11.3 Å². The number of rotatable bonds is 5. The lowest BCUT2D eigenvalue weighted by Gasteiger charge is -2.11. The van der Waals surface area contributed by atoms with E-state index in [4.69, 9.17) is 4.74 Å². The first-order valence-corrected chi connectivity index (χ1v) is 9.38. The first-order chi connectivity index (χ1) is 13.2. The van der Waals surface area contributed by atoms with Crippen molar-refractivity contribution in [2.24, 2.45) is 0 Å². The second-order valence-electron chi connectivity index (χ2n) is 5.86. The van der Waals surface area contributed by atoms with Crippen molar-refractivity contribution >= 4 is 34.1 Å². The van der Waals surface area contributed by atoms with Crippen LogP contribution in [0.25, 0.3) is 22.6 Å². The maximum atomic E-state index is 12.9. The smallest absolute Gasteiger partial charge is 0.258 e. The summed E-state index contributed by atoms with van der Waals surface area (Å²) in [5.41, 5.74) is 3.82. The molecule has 7 nitrogen and oxygen atoms in total. The maximum Gasteiger partial charge on any atom is 0.258 e. The topological polar surface area (TPSA) is 92.8 Å². The molecule has 0 spiro atoms. The zero-order valence-corrected chi connectivity index (χ0v) is 15.6. The molecule has 4 aromatic rings. The van der Waals surface area contributed by atoms with Crippen LogP contribution in [0.15, 0.2) is 41.4 Å². The van der Waals surface area contributed by atoms with Crippen molar-refractivity contribution in [3.63, 3.8) is 0 Å². The van der Waals surface area contributed by atoms with E-state index in [9.17, 15) is 4.79 Å². The number of hydrogen-bond donors (Lipinski definition) is 2. The molecule has 0 unspecified atom stereocenters. The summed E-state index contributed by atoms with van der Waals surface area (Å²) in [5, 5.41) is 6.83. The quantitative estimate of drug-likeness (QED) is 0.546. The van der Waals surface area contributed by atoms with E-state index in [1.807, 2.05) is 30.7 Å². The number of carbonyl (C=O) groups excluding carboxylic acids is 1. The Morgan fingerprint density at radius 2 is 2.22 bits per heavy atom. The average Bonchev–Trinajstić information content (AvgIpc) is 3.32. The Morgan fingerprint density at radius 1 is 1.33 bits per heavy atom. The fourth-order valence-corrected chi connectivity index (χ4v) is 3.36. The number of aromatic amines is 1. The van der Waals surface area contributed by atoms with Crippen LogP contribution >= 0.6 is 11.3 Å². The van der Waals surface area contributed by atoms with Gasteiger partial charge in [0, 0.05) is 28.9 Å². The van der Waals surface area contributed by atoms with Gasteiger partial charge in [0.05, 0.1) is 18.4 Å². The van der Waals surface area contributed by atoms with E-state index in [1.54, 1.807) is 35.9 Å². The van der Waals surface area contributed by atoms with Crippen LogP contribution in [0.4, 0.5) is 5.69 Å². The highest BCUT2D eigenvalue weighted by molar-refractivity contribution is 7.08. The fraction of sp³-hybridized carbons (Fsp3) is 0.158. The van der Waals surface area contributed by atoms with Crippen molar-refractivity contribution in [2.75, 3.05) is 11.9 Å². The summed E-state index contributed by atoms with van der Waals surface area (Å²) in [6.07, 6.45) is 3.18. The number of pyridine rings is 2. The van der Waals surface area contributed by atoms with Gasteiger partial charge in [-0.1, -0.05) is 0 Å². The van der Waals surface area contributed by atoms with Crippen molar-refractivity contribution in [1.29, 1.82) is 0 Å². The second-order valence-corrected chi connectivity index (χ2v) is 6.64. The molecule has 0 radical (unpaired) electrons. The molecular formula is C19H17N5O2S. The van der Waals surface area contributed by atoms with E-state index < -0.39 is 0 Å². The largest absolute Gasteiger partial charge is 0.492 e. The number of H-pyrrole nitrogens is 1. The Labute approximate surface area is 159 Å². The molecule has 0 saturated heterocycles. The molecule has 0 aliphatic rings. The number of ether oxygens (including phenoxy) is 1. The zero-order chi connectivity index (χ0) is 18.8. The Morgan fingerprint density at radius 3 is 3.00 bits per heavy atom. The Bertz CT molecular complexity index is 1100. The number of nitrogens with zero attached hydrogens (tertiary/aromatic N) is 3. The van der Waals surface area contributed by atoms with Crippen LogP contribution in [0.1, 0.15) is 23.0 Å². The lowest BCUT2D eigenvalue weighted by atomic mass is 10.2. The second kappa shape index (κ2) is 7.16. The van der Waals surface area contributed by atoms with Gasteiger partial charge in [0.2, 0.25) is 0 Å². The monoisotopic (exact) mass is 379 g/mol. The number of aryl methyl sites for hydroxylation is 1. The lowest BCUT2D eigenvalue weighted by Crippen LogP contribution is -2.14. The predicted octanol–water partition coefficient (Wildman–Crippen LogP) is 4.04. The number of fused-ring (bicyclic) bond motifs is 1. The van der Waals surface area contributed by atoms with Crippen LogP contribution < -0.4 is 10.1 Å². The van der Waals surface area contributed by atoms with Crippen molar-refractivity contribution < 1.29 is 9.53 Å². The zero-order valence-electron chi connectivity index (χ0n) is 14.8. The molecule has 0 aliphatic carbocycles. The first kappa shape index (κ1) is 17.2. The van der Waals surface area contributed by atoms with Gasteiger partial charge >= 0.3 is 0 Å². The van der Waals surface area contributed by atoms with E-state index >= 15 is 0 Å². The van der Waals surface area contributed by atoms with Gasteiger partial charge in [-0.2, -0.15) is 11.3 Å². The van der Waals surface area contributed by atoms with Gasteiger partial charge in [0.1, 0.15) is 22.8 Å². The van der Waals surface area contributed by atoms with Gasteiger partial charge in [-0.25, -0.2) is 9.97 Å². The summed E-state index contributed by atoms with van der Waals surface area (Å²) >= 11 is 1.58. The molecule has 0 atom stereocenters. The van der Waals surface area contributed by atoms with E-state index in [2.05, 4.69) is 25.3 Å². The standard InChI is InChI=1S/C19H17N5O2S/c1-3-26-15-8-11(2)21-9-14(15)22-19(25)13-4-6-20-18-16(13)23-17(24-18)12-5-7-27-10-12/h4-10H,3H2,1-2H3,(H,22,25)(H,20,23,24). The summed E-state index contributed by atoms with van der Waals surface area (Å²) in [7, 11) is 0. The van der Waals surface area contributed by atoms with Crippen LogP contribution in [0.5, 0.6) is 5.75 Å². The van der Waals surface area contributed by atoms with Gasteiger partial charge < -0.3 is 15.0 Å². The van der Waals surface area contributed by atoms with Crippen LogP contribution in [-0.2, 0) is 0 Å². The minimum Gasteiger partial charge on any atom is -0.492 e. The van der Waals surface area contributed by atoms with Crippen molar-refractivity contribution in [3.05, 3.63) is 52.6 Å². The number of hydrogen-bond acceptors (Lipinski definition) is 6. The van der Waals surface area contributed by atoms with E-state index in [1.165, 1.54) is 0 Å². The predicted molar refractivity (Wildman–Crippen MR) is 105 cm³/mol. The highest BCUT2D eigenvalue weighted by Crippen LogP contribution is 2.27. The average molecular weight is 379 g/mol. The Balaban J connectivity index is 1.69. The number of nitrogens with one attached hydrogen (secondary N) is 2. The number of anilines is 1. The third-order valence-electron chi connectivity index (χ3n) is 3.97. The molecular weight excluding hydrogens is 362 g/mol. The minimum atomic E-state index is -0.294. The number of aromatic nitrogens is 4. The lowest BCUT2D eigenvalue weighted by molar-refractivity contribution is 0.102. The van der Waals surface area contributed by atoms with Crippen LogP contribution in [0.3, 0.4) is 0 Å². The molecule has 1 amide bonds. The molecule has 0 aromatic carbocycles. The summed E-state index contributed by atoms with van der Waals surface area (Å²) in [5.74, 6) is 0.980. The molecule has 27 heavy (non-hydrogen) atoms. The van der Waals surface area contributed by atoms with Crippen LogP contribution in [0.2, 0.25) is 0 Å². The number of imidazole rings is 1. The highest BCUT2D eigenvalue weighted by Gasteiger charge is 2.17. The summed E-state index contributed by atoms with van der Waals surface area (Å²) < 4.78 is 5.61. The molecule has 0 aliphatic heterocycles. The summed E-state index contributed by atoms with van der Waals surface area (Å²) in [4.78, 5) is 29.2. The van der Waals surface area contributed by atoms with E-state index in [-0.39, 0.29) is 5.91 Å². The summed E-state index contributed by atoms with van der Waals surface area (Å²) in [6, 6.07) is 5.41. The molecule has 4 heterocycles. The summed E-state index contributed by atoms with van der Waals surface area (Å²) in [6.45, 7) is 4.26. The van der Waals surface area contributed by atoms with E-state index in [0.29, 0.717) is 40.6 Å². The highest BCUT2D eigenvalue weighted by atomic mass is 32.1. The van der Waals surface area contributed by atoms with Crippen molar-refractivity contribution in [1.82, 2.24) is 19.9 Å². The Kier molecular flexibility index (Phi) is 4.55. The molecule has 2 N–H and O–H groups in total. The van der Waals surface area contributed by atoms with Gasteiger partial charge in [-0.15, -0.1) is 0 Å². The molecule has 8 heteroatoms. The molecule has 4 rings (SSSR count). The molecule has 4 aromatic heterocycles. The molecule has 0 fully saturated rings. The molecule has 136 valence electrons. The number of amides is 1. The van der Waals surface area contributed by atoms with Gasteiger partial charge in [0.25, 0.3) is 5.91 Å². The van der Waals surface area contributed by atoms with Crippen LogP contribution in [-0.4, -0.2) is 32.4 Å². The fourth-order valence-electron chi connectivity index (χ4n) is 2.72. The minimum absolute atomic E-state index is 0.294. The molecule has 0 bridgehead atoms. The van der Waals surface area contributed by atoms with Gasteiger partial charge in [0.15, 0.2) is 5.65 Å². The van der Waals surface area contributed by atoms with Gasteiger partial charge in [-0.05, 0) is 31.4 Å². The third-order valence-corrected chi connectivity index (χ3v) is 4.66. The third kappa shape index (κ3) is 3.39. The normalized spacial score (nSPS) is 10.9. The first-order valence-electron chi connectivity index (χ1n) is 8.43. The number of carbonyl (C=O) groups is 1. The molecule has 0 saturated carbocycles. The van der Waals surface area contributed by atoms with Crippen molar-refractivity contribution in [2.45, 2.75) is 13.8 Å². The van der Waals surface area contributed by atoms with Crippen LogP contribution in [0, 0.1) is 6.92 Å². The SMILES string of the molecule is CCOc1cc(C)ncc1NC(=O)c1ccnc2[nH]c(-c3ccsc3)nc12. The van der Waals surface area contributed by atoms with Crippen molar-refractivity contribution in [3.8, 4) is 17.1 Å². The van der Waals surface area contributed by atoms with Gasteiger partial charge in [-0.3, -0.25) is 9.78 Å². The maximum absolute atomic E-state index is 12.9. The number of thiophene rings is 1.